The van der Waals surface area contributed by atoms with Gasteiger partial charge in [0.05, 0.1) is 5.69 Å². The van der Waals surface area contributed by atoms with Gasteiger partial charge in [0, 0.05) is 10.8 Å². The fourth-order valence-electron chi connectivity index (χ4n) is 1.41. The molecule has 1 aliphatic carbocycles. The summed E-state index contributed by atoms with van der Waals surface area (Å²) >= 11 is 1.55. The summed E-state index contributed by atoms with van der Waals surface area (Å²) < 4.78 is 0. The molecule has 1 aromatic heterocycles. The second-order valence-corrected chi connectivity index (χ2v) is 5.17. The maximum Gasteiger partial charge on any atom is 0.229 e. The lowest BCUT2D eigenvalue weighted by atomic mass is 10.3. The number of carbonyl (C=O) groups excluding carboxylic acids is 1. The van der Waals surface area contributed by atoms with E-state index in [1.54, 1.807) is 11.3 Å². The van der Waals surface area contributed by atoms with Crippen molar-refractivity contribution in [3.8, 4) is 0 Å². The van der Waals surface area contributed by atoms with Crippen molar-refractivity contribution in [3.05, 3.63) is 10.6 Å². The van der Waals surface area contributed by atoms with E-state index in [-0.39, 0.29) is 11.8 Å². The van der Waals surface area contributed by atoms with Gasteiger partial charge >= 0.3 is 0 Å². The average molecular weight is 210 g/mol. The molecule has 0 bridgehead atoms. The number of hydrogen-bond donors (Lipinski definition) is 1. The van der Waals surface area contributed by atoms with E-state index in [1.165, 1.54) is 4.88 Å². The number of nitrogens with one attached hydrogen (secondary N) is 1. The van der Waals surface area contributed by atoms with Crippen molar-refractivity contribution in [2.75, 3.05) is 5.32 Å². The molecule has 0 aromatic carbocycles. The van der Waals surface area contributed by atoms with Crippen molar-refractivity contribution in [1.29, 1.82) is 0 Å². The number of rotatable bonds is 2. The highest BCUT2D eigenvalue weighted by atomic mass is 32.1. The van der Waals surface area contributed by atoms with Crippen LogP contribution in [0.5, 0.6) is 0 Å². The summed E-state index contributed by atoms with van der Waals surface area (Å²) in [6.07, 6.45) is 1.02. The van der Waals surface area contributed by atoms with Crippen LogP contribution < -0.4 is 5.32 Å². The minimum atomic E-state index is 0.131. The maximum absolute atomic E-state index is 11.6. The van der Waals surface area contributed by atoms with Crippen molar-refractivity contribution < 1.29 is 4.79 Å². The first-order valence-corrected chi connectivity index (χ1v) is 5.64. The van der Waals surface area contributed by atoms with E-state index in [1.807, 2.05) is 13.8 Å². The van der Waals surface area contributed by atoms with E-state index in [9.17, 15) is 4.79 Å². The Hall–Kier alpha value is -0.900. The monoisotopic (exact) mass is 210 g/mol. The highest BCUT2D eigenvalue weighted by molar-refractivity contribution is 7.15. The summed E-state index contributed by atoms with van der Waals surface area (Å²) in [4.78, 5) is 17.0. The summed E-state index contributed by atoms with van der Waals surface area (Å²) in [6.45, 7) is 6.08. The summed E-state index contributed by atoms with van der Waals surface area (Å²) in [5.74, 6) is 0.905. The Balaban J connectivity index is 2.00. The number of hydrogen-bond acceptors (Lipinski definition) is 3. The smallest absolute Gasteiger partial charge is 0.229 e. The van der Waals surface area contributed by atoms with Gasteiger partial charge in [-0.3, -0.25) is 4.79 Å². The third kappa shape index (κ3) is 1.80. The zero-order chi connectivity index (χ0) is 10.3. The number of nitrogens with zero attached hydrogens (tertiary/aromatic N) is 1. The van der Waals surface area contributed by atoms with Crippen LogP contribution in [0.15, 0.2) is 0 Å². The number of amides is 1. The Kier molecular flexibility index (Phi) is 2.31. The molecular formula is C10H14N2OS. The average Bonchev–Trinajstić information content (AvgIpc) is 2.74. The highest BCUT2D eigenvalue weighted by Gasteiger charge is 2.39. The lowest BCUT2D eigenvalue weighted by molar-refractivity contribution is -0.117. The van der Waals surface area contributed by atoms with Gasteiger partial charge in [-0.05, 0) is 26.2 Å². The molecule has 1 heterocycles. The molecule has 14 heavy (non-hydrogen) atoms. The molecule has 0 saturated heterocycles. The van der Waals surface area contributed by atoms with Crippen LogP contribution in [0.4, 0.5) is 5.13 Å². The lowest BCUT2D eigenvalue weighted by Gasteiger charge is -1.98. The predicted octanol–water partition coefficient (Wildman–Crippen LogP) is 2.35. The first-order chi connectivity index (χ1) is 6.58. The van der Waals surface area contributed by atoms with Crippen LogP contribution >= 0.6 is 11.3 Å². The molecule has 0 spiro atoms. The zero-order valence-corrected chi connectivity index (χ0v) is 9.44. The van der Waals surface area contributed by atoms with Crippen molar-refractivity contribution in [2.24, 2.45) is 11.8 Å². The normalized spacial score (nSPS) is 24.8. The third-order valence-corrected chi connectivity index (χ3v) is 3.69. The second-order valence-electron chi connectivity index (χ2n) is 3.97. The molecule has 1 aliphatic rings. The molecule has 2 rings (SSSR count). The lowest BCUT2D eigenvalue weighted by Crippen LogP contribution is -2.14. The first kappa shape index (κ1) is 9.65. The van der Waals surface area contributed by atoms with Gasteiger partial charge in [0.2, 0.25) is 5.91 Å². The molecule has 0 unspecified atom stereocenters. The van der Waals surface area contributed by atoms with E-state index < -0.39 is 0 Å². The van der Waals surface area contributed by atoms with E-state index in [0.29, 0.717) is 5.92 Å². The topological polar surface area (TPSA) is 42.0 Å². The Bertz CT molecular complexity index is 353. The number of aryl methyl sites for hydroxylation is 2. The highest BCUT2D eigenvalue weighted by Crippen LogP contribution is 2.38. The van der Waals surface area contributed by atoms with Crippen LogP contribution in [0, 0.1) is 25.7 Å². The van der Waals surface area contributed by atoms with Gasteiger partial charge in [0.15, 0.2) is 5.13 Å². The molecule has 3 nitrogen and oxygen atoms in total. The fraction of sp³-hybridized carbons (Fsp3) is 0.600. The molecule has 0 radical (unpaired) electrons. The number of aromatic nitrogens is 1. The van der Waals surface area contributed by atoms with Crippen LogP contribution in [-0.2, 0) is 4.79 Å². The Morgan fingerprint density at radius 1 is 1.57 bits per heavy atom. The molecule has 2 atom stereocenters. The Morgan fingerprint density at radius 3 is 2.64 bits per heavy atom. The van der Waals surface area contributed by atoms with Crippen molar-refractivity contribution in [3.63, 3.8) is 0 Å². The largest absolute Gasteiger partial charge is 0.302 e. The van der Waals surface area contributed by atoms with E-state index in [4.69, 9.17) is 0 Å². The standard InChI is InChI=1S/C10H14N2OS/c1-5-4-8(5)9(13)12-10-11-6(2)7(3)14-10/h5,8H,4H2,1-3H3,(H,11,12,13)/t5-,8+/m1/s1. The van der Waals surface area contributed by atoms with E-state index >= 15 is 0 Å². The number of carbonyl (C=O) groups is 1. The zero-order valence-electron chi connectivity index (χ0n) is 8.63. The van der Waals surface area contributed by atoms with Gasteiger partial charge in [0.1, 0.15) is 0 Å². The number of thiazole rings is 1. The van der Waals surface area contributed by atoms with Gasteiger partial charge < -0.3 is 5.32 Å². The molecular weight excluding hydrogens is 196 g/mol. The summed E-state index contributed by atoms with van der Waals surface area (Å²) in [6, 6.07) is 0. The third-order valence-electron chi connectivity index (χ3n) is 2.70. The fourth-order valence-corrected chi connectivity index (χ4v) is 2.23. The molecule has 1 amide bonds. The van der Waals surface area contributed by atoms with Gasteiger partial charge in [-0.2, -0.15) is 0 Å². The molecule has 76 valence electrons. The molecule has 1 fully saturated rings. The minimum Gasteiger partial charge on any atom is -0.302 e. The molecule has 1 N–H and O–H groups in total. The van der Waals surface area contributed by atoms with Crippen molar-refractivity contribution >= 4 is 22.4 Å². The number of anilines is 1. The Labute approximate surface area is 87.6 Å². The van der Waals surface area contributed by atoms with E-state index in [0.717, 1.165) is 17.2 Å². The summed E-state index contributed by atoms with van der Waals surface area (Å²) in [7, 11) is 0. The van der Waals surface area contributed by atoms with Crippen LogP contribution in [0.2, 0.25) is 0 Å². The van der Waals surface area contributed by atoms with Crippen LogP contribution in [0.3, 0.4) is 0 Å². The van der Waals surface area contributed by atoms with Crippen molar-refractivity contribution in [2.45, 2.75) is 27.2 Å². The summed E-state index contributed by atoms with van der Waals surface area (Å²) in [5.41, 5.74) is 1.01. The molecule has 0 aliphatic heterocycles. The predicted molar refractivity (Wildman–Crippen MR) is 57.5 cm³/mol. The molecule has 1 saturated carbocycles. The van der Waals surface area contributed by atoms with Crippen LogP contribution in [0.1, 0.15) is 23.9 Å². The van der Waals surface area contributed by atoms with Gasteiger partial charge in [-0.25, -0.2) is 4.98 Å². The van der Waals surface area contributed by atoms with Crippen LogP contribution in [-0.4, -0.2) is 10.9 Å². The van der Waals surface area contributed by atoms with Gasteiger partial charge in [-0.1, -0.05) is 6.92 Å². The van der Waals surface area contributed by atoms with Gasteiger partial charge in [-0.15, -0.1) is 11.3 Å². The summed E-state index contributed by atoms with van der Waals surface area (Å²) in [5, 5.41) is 3.60. The van der Waals surface area contributed by atoms with E-state index in [2.05, 4.69) is 17.2 Å². The Morgan fingerprint density at radius 2 is 2.21 bits per heavy atom. The quantitative estimate of drug-likeness (QED) is 0.814. The minimum absolute atomic E-state index is 0.131. The SMILES string of the molecule is Cc1nc(NC(=O)[C@H]2C[C@H]2C)sc1C. The molecule has 4 heteroatoms. The van der Waals surface area contributed by atoms with Gasteiger partial charge in [0.25, 0.3) is 0 Å². The van der Waals surface area contributed by atoms with Crippen LogP contribution in [0.25, 0.3) is 0 Å². The first-order valence-electron chi connectivity index (χ1n) is 4.83. The van der Waals surface area contributed by atoms with Crippen molar-refractivity contribution in [1.82, 2.24) is 4.98 Å². The molecule has 1 aromatic rings. The second kappa shape index (κ2) is 3.35. The maximum atomic E-state index is 11.6.